The van der Waals surface area contributed by atoms with Crippen LogP contribution in [0.25, 0.3) is 11.3 Å². The Hall–Kier alpha value is -3.85. The zero-order valence-electron chi connectivity index (χ0n) is 23.1. The molecule has 1 N–H and O–H groups in total. The molecular formula is C32H37N3O5. The molecule has 3 aromatic carbocycles. The molecule has 2 unspecified atom stereocenters. The van der Waals surface area contributed by atoms with E-state index in [1.807, 2.05) is 92.0 Å². The predicted molar refractivity (Wildman–Crippen MR) is 154 cm³/mol. The van der Waals surface area contributed by atoms with Gasteiger partial charge in [0.2, 0.25) is 5.88 Å². The molecule has 1 fully saturated rings. The third-order valence-electron chi connectivity index (χ3n) is 6.91. The number of para-hydroxylation sites is 1. The summed E-state index contributed by atoms with van der Waals surface area (Å²) in [5.74, 6) is 2.75. The zero-order valence-corrected chi connectivity index (χ0v) is 23.1. The lowest BCUT2D eigenvalue weighted by atomic mass is 10.1. The Balaban J connectivity index is 1.43. The van der Waals surface area contributed by atoms with Crippen molar-refractivity contribution in [1.29, 1.82) is 0 Å². The molecule has 1 aliphatic rings. The summed E-state index contributed by atoms with van der Waals surface area (Å²) in [4.78, 5) is 2.22. The average Bonchev–Trinajstić information content (AvgIpc) is 3.61. The van der Waals surface area contributed by atoms with Crippen LogP contribution in [0.5, 0.6) is 23.1 Å². The molecule has 8 nitrogen and oxygen atoms in total. The Bertz CT molecular complexity index is 1340. The number of hydrogen-bond donors (Lipinski definition) is 1. The Kier molecular flexibility index (Phi) is 9.34. The van der Waals surface area contributed by atoms with Gasteiger partial charge in [0.1, 0.15) is 35.7 Å². The summed E-state index contributed by atoms with van der Waals surface area (Å²) < 4.78 is 25.4. The number of rotatable bonds is 13. The van der Waals surface area contributed by atoms with Crippen LogP contribution in [-0.4, -0.2) is 65.4 Å². The van der Waals surface area contributed by atoms with Gasteiger partial charge in [-0.25, -0.2) is 4.68 Å². The molecule has 1 aromatic heterocycles. The number of aromatic nitrogens is 2. The molecule has 2 atom stereocenters. The van der Waals surface area contributed by atoms with Gasteiger partial charge in [0.15, 0.2) is 0 Å². The van der Waals surface area contributed by atoms with Crippen LogP contribution < -0.4 is 14.2 Å². The van der Waals surface area contributed by atoms with Gasteiger partial charge in [-0.15, -0.1) is 0 Å². The number of aryl methyl sites for hydroxylation is 1. The maximum atomic E-state index is 11.0. The Morgan fingerprint density at radius 3 is 2.45 bits per heavy atom. The van der Waals surface area contributed by atoms with Crippen LogP contribution in [0.1, 0.15) is 18.4 Å². The van der Waals surface area contributed by atoms with Crippen LogP contribution in [0.2, 0.25) is 0 Å². The van der Waals surface area contributed by atoms with Gasteiger partial charge < -0.3 is 24.1 Å². The number of aliphatic hydroxyl groups is 1. The van der Waals surface area contributed by atoms with Crippen molar-refractivity contribution in [2.45, 2.75) is 31.6 Å². The number of nitrogens with zero attached hydrogens (tertiary/aromatic N) is 3. The SMILES string of the molecule is COc1cccc(Oc2c(CN(CC(O)COc3ccccc3)CC3CCCO3)c(-c3ccccc3)nn2C)c1. The molecule has 1 aliphatic heterocycles. The summed E-state index contributed by atoms with van der Waals surface area (Å²) in [6.45, 7) is 2.57. The summed E-state index contributed by atoms with van der Waals surface area (Å²) in [6, 6.07) is 27.2. The van der Waals surface area contributed by atoms with E-state index in [4.69, 9.17) is 24.0 Å². The Morgan fingerprint density at radius 1 is 1.00 bits per heavy atom. The van der Waals surface area contributed by atoms with Gasteiger partial charge in [-0.1, -0.05) is 54.6 Å². The van der Waals surface area contributed by atoms with Crippen LogP contribution >= 0.6 is 0 Å². The van der Waals surface area contributed by atoms with Crippen molar-refractivity contribution in [2.75, 3.05) is 33.4 Å². The Morgan fingerprint density at radius 2 is 1.73 bits per heavy atom. The molecule has 5 rings (SSSR count). The minimum Gasteiger partial charge on any atom is -0.497 e. The highest BCUT2D eigenvalue weighted by atomic mass is 16.5. The fourth-order valence-electron chi connectivity index (χ4n) is 4.99. The van der Waals surface area contributed by atoms with Gasteiger partial charge in [0, 0.05) is 44.9 Å². The highest BCUT2D eigenvalue weighted by Gasteiger charge is 2.26. The van der Waals surface area contributed by atoms with E-state index in [-0.39, 0.29) is 12.7 Å². The summed E-state index contributed by atoms with van der Waals surface area (Å²) in [5, 5.41) is 15.9. The van der Waals surface area contributed by atoms with E-state index in [1.165, 1.54) is 0 Å². The molecular weight excluding hydrogens is 506 g/mol. The van der Waals surface area contributed by atoms with Crippen molar-refractivity contribution in [3.8, 4) is 34.4 Å². The van der Waals surface area contributed by atoms with E-state index in [1.54, 1.807) is 11.8 Å². The van der Waals surface area contributed by atoms with Gasteiger partial charge in [-0.3, -0.25) is 4.90 Å². The van der Waals surface area contributed by atoms with Crippen molar-refractivity contribution in [1.82, 2.24) is 14.7 Å². The minimum absolute atomic E-state index is 0.113. The standard InChI is InChI=1S/C32H37N3O5/c1-34-32(40-28-16-9-15-27(19-28)37-2)30(31(33-34)24-11-5-3-6-12-24)22-35(21-29-17-10-18-38-29)20-25(36)23-39-26-13-7-4-8-14-26/h3-9,11-16,19,25,29,36H,10,17-18,20-23H2,1-2H3. The van der Waals surface area contributed by atoms with Gasteiger partial charge >= 0.3 is 0 Å². The molecule has 0 saturated carbocycles. The van der Waals surface area contributed by atoms with Crippen LogP contribution in [0.15, 0.2) is 84.9 Å². The van der Waals surface area contributed by atoms with E-state index in [2.05, 4.69) is 4.90 Å². The van der Waals surface area contributed by atoms with Gasteiger partial charge in [-0.2, -0.15) is 5.10 Å². The van der Waals surface area contributed by atoms with Crippen LogP contribution in [0, 0.1) is 0 Å². The summed E-state index contributed by atoms with van der Waals surface area (Å²) in [5.41, 5.74) is 2.78. The second-order valence-electron chi connectivity index (χ2n) is 10.0. The second kappa shape index (κ2) is 13.5. The highest BCUT2D eigenvalue weighted by Crippen LogP contribution is 2.35. The highest BCUT2D eigenvalue weighted by molar-refractivity contribution is 5.65. The largest absolute Gasteiger partial charge is 0.497 e. The summed E-state index contributed by atoms with van der Waals surface area (Å²) >= 11 is 0. The van der Waals surface area contributed by atoms with Gasteiger partial charge in [-0.05, 0) is 37.1 Å². The van der Waals surface area contributed by atoms with Gasteiger partial charge in [0.05, 0.1) is 18.8 Å². The fraction of sp³-hybridized carbons (Fsp3) is 0.344. The van der Waals surface area contributed by atoms with E-state index in [0.29, 0.717) is 37.0 Å². The van der Waals surface area contributed by atoms with E-state index in [0.717, 1.165) is 42.0 Å². The van der Waals surface area contributed by atoms with Crippen LogP contribution in [0.3, 0.4) is 0 Å². The van der Waals surface area contributed by atoms with Crippen molar-refractivity contribution in [3.05, 3.63) is 90.5 Å². The van der Waals surface area contributed by atoms with Crippen LogP contribution in [0.4, 0.5) is 0 Å². The molecule has 210 valence electrons. The summed E-state index contributed by atoms with van der Waals surface area (Å²) in [6.07, 6.45) is 1.46. The normalized spacial score (nSPS) is 15.8. The zero-order chi connectivity index (χ0) is 27.7. The first-order valence-corrected chi connectivity index (χ1v) is 13.7. The summed E-state index contributed by atoms with van der Waals surface area (Å²) in [7, 11) is 3.52. The first-order chi connectivity index (χ1) is 19.6. The predicted octanol–water partition coefficient (Wildman–Crippen LogP) is 5.31. The fourth-order valence-corrected chi connectivity index (χ4v) is 4.99. The molecule has 2 heterocycles. The molecule has 0 aliphatic carbocycles. The first kappa shape index (κ1) is 27.7. The maximum Gasteiger partial charge on any atom is 0.222 e. The number of methoxy groups -OCH3 is 1. The molecule has 8 heteroatoms. The molecule has 40 heavy (non-hydrogen) atoms. The minimum atomic E-state index is -0.693. The van der Waals surface area contributed by atoms with Crippen molar-refractivity contribution < 1.29 is 24.1 Å². The number of hydrogen-bond acceptors (Lipinski definition) is 7. The van der Waals surface area contributed by atoms with Gasteiger partial charge in [0.25, 0.3) is 0 Å². The number of benzene rings is 3. The maximum absolute atomic E-state index is 11.0. The molecule has 0 bridgehead atoms. The lowest BCUT2D eigenvalue weighted by Gasteiger charge is -2.28. The van der Waals surface area contributed by atoms with E-state index < -0.39 is 6.10 Å². The third-order valence-corrected chi connectivity index (χ3v) is 6.91. The molecule has 0 spiro atoms. The Labute approximate surface area is 235 Å². The number of aliphatic hydroxyl groups excluding tert-OH is 1. The topological polar surface area (TPSA) is 78.2 Å². The molecule has 0 radical (unpaired) electrons. The monoisotopic (exact) mass is 543 g/mol. The first-order valence-electron chi connectivity index (χ1n) is 13.7. The third kappa shape index (κ3) is 7.21. The average molecular weight is 544 g/mol. The quantitative estimate of drug-likeness (QED) is 0.245. The van der Waals surface area contributed by atoms with Crippen molar-refractivity contribution in [3.63, 3.8) is 0 Å². The smallest absolute Gasteiger partial charge is 0.222 e. The van der Waals surface area contributed by atoms with Crippen LogP contribution in [-0.2, 0) is 18.3 Å². The number of ether oxygens (including phenoxy) is 4. The lowest BCUT2D eigenvalue weighted by molar-refractivity contribution is 0.0312. The molecule has 1 saturated heterocycles. The molecule has 4 aromatic rings. The molecule has 0 amide bonds. The van der Waals surface area contributed by atoms with Crippen molar-refractivity contribution >= 4 is 0 Å². The lowest BCUT2D eigenvalue weighted by Crippen LogP contribution is -2.39. The van der Waals surface area contributed by atoms with E-state index in [9.17, 15) is 5.11 Å². The second-order valence-corrected chi connectivity index (χ2v) is 10.0. The van der Waals surface area contributed by atoms with E-state index >= 15 is 0 Å². The van der Waals surface area contributed by atoms with Crippen molar-refractivity contribution in [2.24, 2.45) is 7.05 Å².